The summed E-state index contributed by atoms with van der Waals surface area (Å²) in [5.41, 5.74) is 0.374. The Bertz CT molecular complexity index is 794. The minimum Gasteiger partial charge on any atom is -0.493 e. The van der Waals surface area contributed by atoms with E-state index in [9.17, 15) is 22.8 Å². The number of hydrogen-bond acceptors (Lipinski definition) is 5. The first-order valence-electron chi connectivity index (χ1n) is 8.54. The smallest absolute Gasteiger partial charge is 0.406 e. The van der Waals surface area contributed by atoms with Crippen LogP contribution in [0.5, 0.6) is 17.2 Å². The van der Waals surface area contributed by atoms with Crippen molar-refractivity contribution in [2.75, 3.05) is 45.9 Å². The Morgan fingerprint density at radius 3 is 2.28 bits per heavy atom. The van der Waals surface area contributed by atoms with Crippen molar-refractivity contribution < 1.29 is 37.0 Å². The number of halogens is 3. The normalized spacial score (nSPS) is 16.4. The molecule has 0 aliphatic carbocycles. The summed E-state index contributed by atoms with van der Waals surface area (Å²) in [4.78, 5) is 26.9. The highest BCUT2D eigenvalue weighted by atomic mass is 19.4. The van der Waals surface area contributed by atoms with Gasteiger partial charge in [-0.1, -0.05) is 5.92 Å². The minimum absolute atomic E-state index is 0.0881. The number of nitrogens with zero attached hydrogens (tertiary/aromatic N) is 2. The molecule has 1 aliphatic rings. The molecule has 1 heterocycles. The fourth-order valence-electron chi connectivity index (χ4n) is 3.14. The topological polar surface area (TPSA) is 68.3 Å². The number of anilines is 1. The summed E-state index contributed by atoms with van der Waals surface area (Å²) >= 11 is 0. The van der Waals surface area contributed by atoms with Gasteiger partial charge in [-0.3, -0.25) is 9.59 Å². The molecule has 0 spiro atoms. The standard InChI is InChI=1S/C19H21F3N2O5/c1-5-6-23(11-19(20,21)22)18(26)12-7-16(25)24(10-12)13-8-14(27-2)17(29-4)15(9-13)28-3/h1,8-9,12H,6-7,10-11H2,2-4H3. The van der Waals surface area contributed by atoms with Crippen LogP contribution in [0, 0.1) is 18.3 Å². The van der Waals surface area contributed by atoms with Gasteiger partial charge in [-0.2, -0.15) is 13.2 Å². The highest BCUT2D eigenvalue weighted by Gasteiger charge is 2.40. The van der Waals surface area contributed by atoms with Gasteiger partial charge < -0.3 is 24.0 Å². The molecule has 1 unspecified atom stereocenters. The molecule has 1 saturated heterocycles. The molecule has 1 aromatic rings. The Labute approximate surface area is 166 Å². The predicted octanol–water partition coefficient (Wildman–Crippen LogP) is 2.09. The molecule has 2 rings (SSSR count). The first-order chi connectivity index (χ1) is 13.6. The van der Waals surface area contributed by atoms with Crippen molar-refractivity contribution in [2.45, 2.75) is 12.6 Å². The summed E-state index contributed by atoms with van der Waals surface area (Å²) in [5.74, 6) is 0.802. The number of terminal acetylenes is 1. The molecule has 2 amide bonds. The second kappa shape index (κ2) is 8.94. The number of alkyl halides is 3. The van der Waals surface area contributed by atoms with E-state index in [0.717, 1.165) is 0 Å². The average molecular weight is 414 g/mol. The second-order valence-electron chi connectivity index (χ2n) is 6.30. The highest BCUT2D eigenvalue weighted by Crippen LogP contribution is 2.42. The summed E-state index contributed by atoms with van der Waals surface area (Å²) in [6.45, 7) is -2.05. The highest BCUT2D eigenvalue weighted by molar-refractivity contribution is 6.00. The zero-order valence-electron chi connectivity index (χ0n) is 16.2. The molecule has 7 nitrogen and oxygen atoms in total. The lowest BCUT2D eigenvalue weighted by Crippen LogP contribution is -2.43. The van der Waals surface area contributed by atoms with Crippen molar-refractivity contribution in [1.82, 2.24) is 4.90 Å². The maximum absolute atomic E-state index is 12.8. The molecule has 1 atom stereocenters. The van der Waals surface area contributed by atoms with E-state index in [-0.39, 0.29) is 13.0 Å². The molecule has 0 saturated carbocycles. The number of carbonyl (C=O) groups is 2. The van der Waals surface area contributed by atoms with Crippen molar-refractivity contribution in [3.05, 3.63) is 12.1 Å². The molecule has 0 aromatic heterocycles. The van der Waals surface area contributed by atoms with Crippen LogP contribution in [0.2, 0.25) is 0 Å². The molecule has 0 radical (unpaired) electrons. The molecular formula is C19H21F3N2O5. The van der Waals surface area contributed by atoms with Crippen molar-refractivity contribution in [3.63, 3.8) is 0 Å². The Morgan fingerprint density at radius 1 is 1.24 bits per heavy atom. The average Bonchev–Trinajstić information content (AvgIpc) is 3.06. The lowest BCUT2D eigenvalue weighted by molar-refractivity contribution is -0.162. The third kappa shape index (κ3) is 5.04. The van der Waals surface area contributed by atoms with E-state index in [0.29, 0.717) is 27.8 Å². The largest absolute Gasteiger partial charge is 0.493 e. The van der Waals surface area contributed by atoms with E-state index in [1.807, 2.05) is 0 Å². The minimum atomic E-state index is -4.59. The number of ether oxygens (including phenoxy) is 3. The predicted molar refractivity (Wildman–Crippen MR) is 98.0 cm³/mol. The number of carbonyl (C=O) groups excluding carboxylic acids is 2. The van der Waals surface area contributed by atoms with E-state index in [1.54, 1.807) is 0 Å². The maximum Gasteiger partial charge on any atom is 0.406 e. The van der Waals surface area contributed by atoms with Crippen molar-refractivity contribution in [1.29, 1.82) is 0 Å². The quantitative estimate of drug-likeness (QED) is 0.640. The number of hydrogen-bond donors (Lipinski definition) is 0. The summed E-state index contributed by atoms with van der Waals surface area (Å²) in [6, 6.07) is 3.06. The Kier molecular flexibility index (Phi) is 6.84. The van der Waals surface area contributed by atoms with Crippen LogP contribution in [0.1, 0.15) is 6.42 Å². The third-order valence-corrected chi connectivity index (χ3v) is 4.40. The van der Waals surface area contributed by atoms with Crippen LogP contribution in [-0.2, 0) is 9.59 Å². The van der Waals surface area contributed by atoms with Crippen molar-refractivity contribution in [2.24, 2.45) is 5.92 Å². The van der Waals surface area contributed by atoms with E-state index in [1.165, 1.54) is 38.4 Å². The van der Waals surface area contributed by atoms with Gasteiger partial charge in [0.05, 0.1) is 39.5 Å². The van der Waals surface area contributed by atoms with E-state index < -0.39 is 37.0 Å². The Morgan fingerprint density at radius 2 is 1.83 bits per heavy atom. The van der Waals surface area contributed by atoms with Crippen molar-refractivity contribution in [3.8, 4) is 29.6 Å². The van der Waals surface area contributed by atoms with E-state index in [4.69, 9.17) is 20.6 Å². The van der Waals surface area contributed by atoms with Crippen LogP contribution >= 0.6 is 0 Å². The van der Waals surface area contributed by atoms with Gasteiger partial charge in [0.1, 0.15) is 6.54 Å². The van der Waals surface area contributed by atoms with Crippen LogP contribution in [0.25, 0.3) is 0 Å². The Hall–Kier alpha value is -3.09. The van der Waals surface area contributed by atoms with Gasteiger partial charge in [0.2, 0.25) is 17.6 Å². The van der Waals surface area contributed by atoms with Gasteiger partial charge >= 0.3 is 6.18 Å². The summed E-state index contributed by atoms with van der Waals surface area (Å²) in [5, 5.41) is 0. The lowest BCUT2D eigenvalue weighted by atomic mass is 10.1. The Balaban J connectivity index is 2.28. The van der Waals surface area contributed by atoms with E-state index in [2.05, 4.69) is 5.92 Å². The molecular weight excluding hydrogens is 393 g/mol. The lowest BCUT2D eigenvalue weighted by Gasteiger charge is -2.25. The van der Waals surface area contributed by atoms with Gasteiger partial charge in [-0.05, 0) is 0 Å². The van der Waals surface area contributed by atoms with Crippen molar-refractivity contribution >= 4 is 17.5 Å². The first kappa shape index (κ1) is 22.2. The number of methoxy groups -OCH3 is 3. The molecule has 1 aromatic carbocycles. The van der Waals surface area contributed by atoms with Gasteiger partial charge in [0.15, 0.2) is 11.5 Å². The summed E-state index contributed by atoms with van der Waals surface area (Å²) in [6.07, 6.45) is 0.274. The third-order valence-electron chi connectivity index (χ3n) is 4.40. The monoisotopic (exact) mass is 414 g/mol. The van der Waals surface area contributed by atoms with Crippen LogP contribution in [0.3, 0.4) is 0 Å². The van der Waals surface area contributed by atoms with Crippen LogP contribution < -0.4 is 19.1 Å². The van der Waals surface area contributed by atoms with E-state index >= 15 is 0 Å². The number of amides is 2. The molecule has 29 heavy (non-hydrogen) atoms. The molecule has 0 N–H and O–H groups in total. The fraction of sp³-hybridized carbons (Fsp3) is 0.474. The molecule has 10 heteroatoms. The summed E-state index contributed by atoms with van der Waals surface area (Å²) in [7, 11) is 4.25. The van der Waals surface area contributed by atoms with Gasteiger partial charge in [0.25, 0.3) is 0 Å². The SMILES string of the molecule is C#CCN(CC(F)(F)F)C(=O)C1CC(=O)N(c2cc(OC)c(OC)c(OC)c2)C1. The summed E-state index contributed by atoms with van der Waals surface area (Å²) < 4.78 is 54.0. The molecule has 158 valence electrons. The maximum atomic E-state index is 12.8. The molecule has 0 bridgehead atoms. The first-order valence-corrected chi connectivity index (χ1v) is 8.54. The molecule has 1 aliphatic heterocycles. The van der Waals surface area contributed by atoms with Crippen LogP contribution in [0.15, 0.2) is 12.1 Å². The zero-order chi connectivity index (χ0) is 21.8. The van der Waals surface area contributed by atoms with Gasteiger partial charge in [-0.25, -0.2) is 0 Å². The van der Waals surface area contributed by atoms with Gasteiger partial charge in [-0.15, -0.1) is 6.42 Å². The number of rotatable bonds is 7. The van der Waals surface area contributed by atoms with Gasteiger partial charge in [0, 0.05) is 25.1 Å². The molecule has 1 fully saturated rings. The zero-order valence-corrected chi connectivity index (χ0v) is 16.2. The van der Waals surface area contributed by atoms with Crippen LogP contribution in [-0.4, -0.2) is 63.9 Å². The fourth-order valence-corrected chi connectivity index (χ4v) is 3.14. The van der Waals surface area contributed by atoms with Crippen LogP contribution in [0.4, 0.5) is 18.9 Å². The second-order valence-corrected chi connectivity index (χ2v) is 6.30. The number of benzene rings is 1.